The maximum atomic E-state index is 12.9. The molecule has 3 N–H and O–H groups in total. The smallest absolute Gasteiger partial charge is 0.234 e. The van der Waals surface area contributed by atoms with Gasteiger partial charge in [0.2, 0.25) is 5.91 Å². The zero-order chi connectivity index (χ0) is 17.9. The van der Waals surface area contributed by atoms with Crippen LogP contribution in [-0.4, -0.2) is 43.5 Å². The van der Waals surface area contributed by atoms with E-state index in [1.54, 1.807) is 12.1 Å². The van der Waals surface area contributed by atoms with Crippen molar-refractivity contribution < 1.29 is 9.18 Å². The van der Waals surface area contributed by atoms with Crippen molar-refractivity contribution in [3.63, 3.8) is 0 Å². The first kappa shape index (κ1) is 22.1. The van der Waals surface area contributed by atoms with Gasteiger partial charge in [0, 0.05) is 26.2 Å². The molecule has 0 aliphatic carbocycles. The van der Waals surface area contributed by atoms with Crippen LogP contribution < -0.4 is 11.1 Å². The Hall–Kier alpha value is -1.95. The fourth-order valence-electron chi connectivity index (χ4n) is 2.64. The van der Waals surface area contributed by atoms with Gasteiger partial charge < -0.3 is 11.1 Å². The van der Waals surface area contributed by atoms with Crippen molar-refractivity contribution in [2.45, 2.75) is 12.8 Å². The molecule has 0 aliphatic rings. The van der Waals surface area contributed by atoms with Gasteiger partial charge in [-0.25, -0.2) is 4.39 Å². The molecule has 142 valence electrons. The second-order valence-electron chi connectivity index (χ2n) is 6.03. The third kappa shape index (κ3) is 8.43. The second-order valence-corrected chi connectivity index (χ2v) is 6.03. The monoisotopic (exact) mass is 379 g/mol. The zero-order valence-corrected chi connectivity index (χ0v) is 15.7. The van der Waals surface area contributed by atoms with Crippen LogP contribution in [0.25, 0.3) is 0 Å². The fraction of sp³-hybridized carbons (Fsp3) is 0.350. The molecule has 6 heteroatoms. The molecule has 0 heterocycles. The molecular weight excluding hydrogens is 353 g/mol. The largest absolute Gasteiger partial charge is 0.355 e. The Morgan fingerprint density at radius 1 is 0.962 bits per heavy atom. The Labute approximate surface area is 161 Å². The fourth-order valence-corrected chi connectivity index (χ4v) is 2.64. The predicted molar refractivity (Wildman–Crippen MR) is 106 cm³/mol. The lowest BCUT2D eigenvalue weighted by Gasteiger charge is -2.21. The Kier molecular flexibility index (Phi) is 10.5. The van der Waals surface area contributed by atoms with E-state index >= 15 is 0 Å². The Bertz CT molecular complexity index is 637. The normalized spacial score (nSPS) is 10.4. The van der Waals surface area contributed by atoms with E-state index < -0.39 is 0 Å². The highest BCUT2D eigenvalue weighted by Crippen LogP contribution is 2.03. The van der Waals surface area contributed by atoms with Gasteiger partial charge in [-0.2, -0.15) is 0 Å². The molecule has 0 spiro atoms. The lowest BCUT2D eigenvalue weighted by molar-refractivity contribution is -0.122. The number of halogens is 2. The van der Waals surface area contributed by atoms with E-state index in [1.165, 1.54) is 17.7 Å². The molecule has 0 saturated heterocycles. The molecule has 26 heavy (non-hydrogen) atoms. The maximum Gasteiger partial charge on any atom is 0.234 e. The first-order valence-electron chi connectivity index (χ1n) is 8.65. The van der Waals surface area contributed by atoms with E-state index in [2.05, 4.69) is 22.3 Å². The van der Waals surface area contributed by atoms with Crippen molar-refractivity contribution >= 4 is 18.3 Å². The van der Waals surface area contributed by atoms with Crippen molar-refractivity contribution in [3.8, 4) is 0 Å². The van der Waals surface area contributed by atoms with Crippen LogP contribution in [0.4, 0.5) is 4.39 Å². The number of nitrogens with one attached hydrogen (secondary N) is 1. The number of hydrogen-bond acceptors (Lipinski definition) is 3. The molecule has 2 aromatic rings. The van der Waals surface area contributed by atoms with Crippen LogP contribution in [0.3, 0.4) is 0 Å². The van der Waals surface area contributed by atoms with Crippen molar-refractivity contribution in [1.82, 2.24) is 10.2 Å². The van der Waals surface area contributed by atoms with E-state index in [0.717, 1.165) is 18.5 Å². The molecule has 0 fully saturated rings. The van der Waals surface area contributed by atoms with Crippen LogP contribution in [-0.2, 0) is 17.6 Å². The van der Waals surface area contributed by atoms with Gasteiger partial charge in [-0.15, -0.1) is 12.4 Å². The van der Waals surface area contributed by atoms with E-state index in [9.17, 15) is 9.18 Å². The summed E-state index contributed by atoms with van der Waals surface area (Å²) < 4.78 is 12.9. The lowest BCUT2D eigenvalue weighted by atomic mass is 10.1. The third-order valence-corrected chi connectivity index (χ3v) is 4.02. The van der Waals surface area contributed by atoms with Crippen LogP contribution in [0.15, 0.2) is 54.6 Å². The highest BCUT2D eigenvalue weighted by molar-refractivity contribution is 5.85. The number of hydrogen-bond donors (Lipinski definition) is 2. The van der Waals surface area contributed by atoms with Gasteiger partial charge in [0.1, 0.15) is 5.82 Å². The number of nitrogens with zero attached hydrogens (tertiary/aromatic N) is 1. The molecule has 0 unspecified atom stereocenters. The van der Waals surface area contributed by atoms with Crippen molar-refractivity contribution in [2.75, 3.05) is 32.7 Å². The van der Waals surface area contributed by atoms with Crippen molar-refractivity contribution in [2.24, 2.45) is 5.73 Å². The zero-order valence-electron chi connectivity index (χ0n) is 14.9. The van der Waals surface area contributed by atoms with Crippen LogP contribution >= 0.6 is 12.4 Å². The SMILES string of the molecule is Cl.NCCN(CCc1ccccc1)CC(=O)NCCc1ccc(F)cc1. The molecule has 2 rings (SSSR count). The molecule has 0 aliphatic heterocycles. The van der Waals surface area contributed by atoms with Gasteiger partial charge in [0.25, 0.3) is 0 Å². The van der Waals surface area contributed by atoms with Crippen molar-refractivity contribution in [3.05, 3.63) is 71.5 Å². The van der Waals surface area contributed by atoms with Gasteiger partial charge in [0.15, 0.2) is 0 Å². The Balaban J connectivity index is 0.00000338. The Morgan fingerprint density at radius 3 is 2.27 bits per heavy atom. The molecule has 4 nitrogen and oxygen atoms in total. The lowest BCUT2D eigenvalue weighted by Crippen LogP contribution is -2.41. The van der Waals surface area contributed by atoms with Crippen molar-refractivity contribution in [1.29, 1.82) is 0 Å². The summed E-state index contributed by atoms with van der Waals surface area (Å²) in [5, 5.41) is 2.92. The maximum absolute atomic E-state index is 12.9. The highest BCUT2D eigenvalue weighted by Gasteiger charge is 2.10. The molecule has 1 amide bonds. The molecule has 0 saturated carbocycles. The quantitative estimate of drug-likeness (QED) is 0.666. The summed E-state index contributed by atoms with van der Waals surface area (Å²) in [4.78, 5) is 14.2. The molecule has 0 radical (unpaired) electrons. The van der Waals surface area contributed by atoms with Crippen LogP contribution in [0, 0.1) is 5.82 Å². The number of carbonyl (C=O) groups is 1. The van der Waals surface area contributed by atoms with Crippen LogP contribution in [0.5, 0.6) is 0 Å². The summed E-state index contributed by atoms with van der Waals surface area (Å²) in [5.41, 5.74) is 7.91. The van der Waals surface area contributed by atoms with Gasteiger partial charge in [-0.1, -0.05) is 42.5 Å². The van der Waals surface area contributed by atoms with E-state index in [4.69, 9.17) is 5.73 Å². The van der Waals surface area contributed by atoms with E-state index in [1.807, 2.05) is 18.2 Å². The number of rotatable bonds is 10. The molecule has 2 aromatic carbocycles. The Morgan fingerprint density at radius 2 is 1.62 bits per heavy atom. The average molecular weight is 380 g/mol. The van der Waals surface area contributed by atoms with E-state index in [-0.39, 0.29) is 24.1 Å². The molecular formula is C20H27ClFN3O. The first-order chi connectivity index (χ1) is 12.2. The summed E-state index contributed by atoms with van der Waals surface area (Å²) in [5.74, 6) is -0.257. The van der Waals surface area contributed by atoms with E-state index in [0.29, 0.717) is 32.6 Å². The number of benzene rings is 2. The second kappa shape index (κ2) is 12.4. The van der Waals surface area contributed by atoms with Gasteiger partial charge in [-0.3, -0.25) is 9.69 Å². The standard InChI is InChI=1S/C20H26FN3O.ClH/c21-19-8-6-18(7-9-19)10-13-23-20(25)16-24(15-12-22)14-11-17-4-2-1-3-5-17;/h1-9H,10-16,22H2,(H,23,25);1H. The number of carbonyl (C=O) groups excluding carboxylic acids is 1. The number of nitrogens with two attached hydrogens (primary N) is 1. The average Bonchev–Trinajstić information content (AvgIpc) is 2.62. The minimum Gasteiger partial charge on any atom is -0.355 e. The molecule has 0 aromatic heterocycles. The van der Waals surface area contributed by atoms with Crippen LogP contribution in [0.2, 0.25) is 0 Å². The molecule has 0 bridgehead atoms. The summed E-state index contributed by atoms with van der Waals surface area (Å²) in [6.07, 6.45) is 1.58. The predicted octanol–water partition coefficient (Wildman–Crippen LogP) is 2.41. The minimum absolute atomic E-state index is 0. The van der Waals surface area contributed by atoms with Gasteiger partial charge in [0.05, 0.1) is 6.54 Å². The summed E-state index contributed by atoms with van der Waals surface area (Å²) in [6, 6.07) is 16.6. The van der Waals surface area contributed by atoms with Crippen LogP contribution in [0.1, 0.15) is 11.1 Å². The van der Waals surface area contributed by atoms with Gasteiger partial charge in [-0.05, 0) is 36.1 Å². The summed E-state index contributed by atoms with van der Waals surface area (Å²) in [6.45, 7) is 2.90. The first-order valence-corrected chi connectivity index (χ1v) is 8.65. The van der Waals surface area contributed by atoms with Gasteiger partial charge >= 0.3 is 0 Å². The molecule has 0 atom stereocenters. The third-order valence-electron chi connectivity index (χ3n) is 4.02. The minimum atomic E-state index is -0.247. The number of amides is 1. The topological polar surface area (TPSA) is 58.4 Å². The highest BCUT2D eigenvalue weighted by atomic mass is 35.5. The summed E-state index contributed by atoms with van der Waals surface area (Å²) in [7, 11) is 0. The summed E-state index contributed by atoms with van der Waals surface area (Å²) >= 11 is 0.